The van der Waals surface area contributed by atoms with E-state index in [9.17, 15) is 4.79 Å². The minimum Gasteiger partial charge on any atom is -0.357 e. The maximum atomic E-state index is 12.0. The summed E-state index contributed by atoms with van der Waals surface area (Å²) in [6.45, 7) is 1.75. The first-order valence-electron chi connectivity index (χ1n) is 6.86. The second-order valence-electron chi connectivity index (χ2n) is 5.01. The van der Waals surface area contributed by atoms with Gasteiger partial charge in [-0.25, -0.2) is 4.98 Å². The second kappa shape index (κ2) is 7.21. The van der Waals surface area contributed by atoms with Crippen LogP contribution < -0.4 is 10.6 Å². The number of hydrogen-bond donors (Lipinski definition) is 2. The molecule has 3 rings (SSSR count). The van der Waals surface area contributed by atoms with Crippen LogP contribution in [0.25, 0.3) is 0 Å². The monoisotopic (exact) mass is 389 g/mol. The van der Waals surface area contributed by atoms with Crippen molar-refractivity contribution in [1.29, 1.82) is 0 Å². The molecule has 0 unspecified atom stereocenters. The second-order valence-corrected chi connectivity index (χ2v) is 8.03. The molecule has 0 spiro atoms. The van der Waals surface area contributed by atoms with E-state index in [0.29, 0.717) is 27.6 Å². The van der Waals surface area contributed by atoms with Gasteiger partial charge < -0.3 is 10.6 Å². The molecule has 0 aliphatic heterocycles. The zero-order valence-corrected chi connectivity index (χ0v) is 15.2. The first kappa shape index (κ1) is 16.8. The summed E-state index contributed by atoms with van der Waals surface area (Å²) in [6, 6.07) is 2.10. The molecule has 0 atom stereocenters. The highest BCUT2D eigenvalue weighted by Gasteiger charge is 2.22. The average Bonchev–Trinajstić information content (AvgIpc) is 3.19. The number of nitrogens with zero attached hydrogens (tertiary/aromatic N) is 3. The largest absolute Gasteiger partial charge is 0.357 e. The van der Waals surface area contributed by atoms with Gasteiger partial charge in [-0.2, -0.15) is 0 Å². The van der Waals surface area contributed by atoms with Gasteiger partial charge in [-0.3, -0.25) is 4.79 Å². The summed E-state index contributed by atoms with van der Waals surface area (Å²) < 4.78 is 0.745. The number of anilines is 2. The maximum absolute atomic E-state index is 12.0. The molecule has 1 aliphatic rings. The quantitative estimate of drug-likeness (QED) is 0.730. The molecule has 0 bridgehead atoms. The number of carbonyl (C=O) groups excluding carboxylic acids is 1. The van der Waals surface area contributed by atoms with Gasteiger partial charge in [0.05, 0.1) is 21.5 Å². The van der Waals surface area contributed by atoms with Crippen molar-refractivity contribution in [3.05, 3.63) is 21.8 Å². The Morgan fingerprint density at radius 3 is 2.91 bits per heavy atom. The van der Waals surface area contributed by atoms with Crippen molar-refractivity contribution >= 4 is 63.2 Å². The molecular formula is C13H13Cl2N5OS2. The number of nitrogens with one attached hydrogen (secondary N) is 2. The molecule has 1 amide bonds. The van der Waals surface area contributed by atoms with E-state index in [0.717, 1.165) is 9.47 Å². The number of amides is 1. The van der Waals surface area contributed by atoms with Crippen molar-refractivity contribution < 1.29 is 4.79 Å². The summed E-state index contributed by atoms with van der Waals surface area (Å²) >= 11 is 14.7. The normalized spacial score (nSPS) is 13.9. The minimum atomic E-state index is -0.210. The fraction of sp³-hybridized carbons (Fsp3) is 0.385. The van der Waals surface area contributed by atoms with Gasteiger partial charge >= 0.3 is 0 Å². The first-order chi connectivity index (χ1) is 11.0. The molecule has 2 heterocycles. The molecule has 122 valence electrons. The van der Waals surface area contributed by atoms with Crippen LogP contribution in [0.15, 0.2) is 10.4 Å². The molecule has 6 nitrogen and oxygen atoms in total. The van der Waals surface area contributed by atoms with Gasteiger partial charge in [0.1, 0.15) is 0 Å². The van der Waals surface area contributed by atoms with E-state index >= 15 is 0 Å². The summed E-state index contributed by atoms with van der Waals surface area (Å²) in [6.07, 6.45) is 2.36. The number of thioether (sulfide) groups is 1. The molecule has 1 saturated carbocycles. The van der Waals surface area contributed by atoms with Crippen LogP contribution >= 0.6 is 46.3 Å². The summed E-state index contributed by atoms with van der Waals surface area (Å²) in [4.78, 5) is 16.2. The lowest BCUT2D eigenvalue weighted by Gasteiger charge is -2.07. The van der Waals surface area contributed by atoms with Crippen LogP contribution in [0.2, 0.25) is 10.0 Å². The fourth-order valence-corrected chi connectivity index (χ4v) is 3.71. The van der Waals surface area contributed by atoms with E-state index in [2.05, 4.69) is 25.8 Å². The predicted octanol–water partition coefficient (Wildman–Crippen LogP) is 3.85. The molecule has 0 aromatic carbocycles. The zero-order valence-electron chi connectivity index (χ0n) is 12.1. The Hall–Kier alpha value is -1.09. The third-order valence-corrected chi connectivity index (χ3v) is 5.66. The lowest BCUT2D eigenvalue weighted by Crippen LogP contribution is -2.15. The first-order valence-corrected chi connectivity index (χ1v) is 9.42. The van der Waals surface area contributed by atoms with E-state index < -0.39 is 0 Å². The highest BCUT2D eigenvalue weighted by atomic mass is 35.5. The summed E-state index contributed by atoms with van der Waals surface area (Å²) in [5.74, 6) is 0.308. The van der Waals surface area contributed by atoms with E-state index in [-0.39, 0.29) is 11.7 Å². The number of carbonyl (C=O) groups is 1. The van der Waals surface area contributed by atoms with Crippen LogP contribution in [-0.2, 0) is 4.79 Å². The van der Waals surface area contributed by atoms with Gasteiger partial charge in [0.2, 0.25) is 11.0 Å². The number of halogens is 2. The van der Waals surface area contributed by atoms with Crippen molar-refractivity contribution in [2.75, 3.05) is 16.4 Å². The van der Waals surface area contributed by atoms with Crippen LogP contribution in [0.3, 0.4) is 0 Å². The molecule has 2 aromatic rings. The van der Waals surface area contributed by atoms with E-state index in [1.54, 1.807) is 13.0 Å². The van der Waals surface area contributed by atoms with Crippen LogP contribution in [0.5, 0.6) is 0 Å². The molecule has 2 aromatic heterocycles. The van der Waals surface area contributed by atoms with E-state index in [4.69, 9.17) is 23.2 Å². The van der Waals surface area contributed by atoms with Crippen molar-refractivity contribution in [1.82, 2.24) is 15.2 Å². The summed E-state index contributed by atoms with van der Waals surface area (Å²) in [7, 11) is 0. The Balaban J connectivity index is 1.53. The van der Waals surface area contributed by atoms with Gasteiger partial charge in [0.25, 0.3) is 0 Å². The average molecular weight is 390 g/mol. The molecule has 23 heavy (non-hydrogen) atoms. The number of aromatic nitrogens is 3. The van der Waals surface area contributed by atoms with Gasteiger partial charge in [-0.05, 0) is 25.8 Å². The lowest BCUT2D eigenvalue weighted by molar-refractivity contribution is -0.113. The van der Waals surface area contributed by atoms with Gasteiger partial charge in [0, 0.05) is 6.04 Å². The standard InChI is InChI=1S/C13H13Cl2N5OS2/c1-6-8(14)4-9(15)11(16-6)18-10(21)5-22-13-20-19-12(23-13)17-7-2-3-7/h4,7H,2-3,5H2,1H3,(H,17,19)(H,16,18,21). The van der Waals surface area contributed by atoms with Crippen molar-refractivity contribution in [3.63, 3.8) is 0 Å². The number of pyridine rings is 1. The zero-order chi connectivity index (χ0) is 16.4. The highest BCUT2D eigenvalue weighted by Crippen LogP contribution is 2.30. The van der Waals surface area contributed by atoms with Crippen molar-refractivity contribution in [2.45, 2.75) is 30.1 Å². The van der Waals surface area contributed by atoms with E-state index in [1.807, 2.05) is 0 Å². The van der Waals surface area contributed by atoms with Crippen LogP contribution in [0.1, 0.15) is 18.5 Å². The molecule has 1 fully saturated rings. The molecule has 1 aliphatic carbocycles. The summed E-state index contributed by atoms with van der Waals surface area (Å²) in [5, 5.41) is 15.6. The molecule has 0 saturated heterocycles. The van der Waals surface area contributed by atoms with E-state index in [1.165, 1.54) is 35.9 Å². The van der Waals surface area contributed by atoms with Crippen LogP contribution in [0, 0.1) is 6.92 Å². The number of aryl methyl sites for hydroxylation is 1. The fourth-order valence-electron chi connectivity index (χ4n) is 1.67. The predicted molar refractivity (Wildman–Crippen MR) is 94.9 cm³/mol. The Kier molecular flexibility index (Phi) is 5.25. The molecular weight excluding hydrogens is 377 g/mol. The molecule has 0 radical (unpaired) electrons. The minimum absolute atomic E-state index is 0.206. The number of rotatable bonds is 6. The third-order valence-electron chi connectivity index (χ3n) is 3.00. The molecule has 10 heteroatoms. The molecule has 2 N–H and O–H groups in total. The Labute approximate surface area is 151 Å². The van der Waals surface area contributed by atoms with Gasteiger partial charge in [-0.1, -0.05) is 46.3 Å². The highest BCUT2D eigenvalue weighted by molar-refractivity contribution is 8.01. The summed E-state index contributed by atoms with van der Waals surface area (Å²) in [5.41, 5.74) is 0.610. The smallest absolute Gasteiger partial charge is 0.236 e. The Morgan fingerprint density at radius 2 is 2.17 bits per heavy atom. The topological polar surface area (TPSA) is 79.8 Å². The SMILES string of the molecule is Cc1nc(NC(=O)CSc2nnc(NC3CC3)s2)c(Cl)cc1Cl. The van der Waals surface area contributed by atoms with Crippen molar-refractivity contribution in [2.24, 2.45) is 0 Å². The Morgan fingerprint density at radius 1 is 1.39 bits per heavy atom. The van der Waals surface area contributed by atoms with Crippen LogP contribution in [0.4, 0.5) is 10.9 Å². The van der Waals surface area contributed by atoms with Crippen LogP contribution in [-0.4, -0.2) is 32.9 Å². The number of hydrogen-bond acceptors (Lipinski definition) is 7. The maximum Gasteiger partial charge on any atom is 0.236 e. The van der Waals surface area contributed by atoms with Gasteiger partial charge in [0.15, 0.2) is 10.2 Å². The third kappa shape index (κ3) is 4.69. The van der Waals surface area contributed by atoms with Crippen molar-refractivity contribution in [3.8, 4) is 0 Å². The Bertz CT molecular complexity index is 735. The van der Waals surface area contributed by atoms with Gasteiger partial charge in [-0.15, -0.1) is 10.2 Å². The lowest BCUT2D eigenvalue weighted by atomic mass is 10.3.